The third-order valence-corrected chi connectivity index (χ3v) is 5.37. The number of thioether (sulfide) groups is 1. The molecule has 0 radical (unpaired) electrons. The van der Waals surface area contributed by atoms with Gasteiger partial charge in [0.1, 0.15) is 5.75 Å². The summed E-state index contributed by atoms with van der Waals surface area (Å²) in [4.78, 5) is 25.0. The third kappa shape index (κ3) is 3.64. The molecule has 9 heteroatoms. The Hall–Kier alpha value is -2.23. The number of benzene rings is 2. The standard InChI is InChI=1S/C17H11BrN2O4S2/c1-24-14-6-5-11(18)7-10(14)8-15-16(21)19(17(25)26-15)12-3-2-4-13(9-12)20(22)23/h2-9H,1H3/b15-8-. The molecule has 1 amide bonds. The third-order valence-electron chi connectivity index (χ3n) is 3.57. The Balaban J connectivity index is 1.98. The molecule has 1 heterocycles. The summed E-state index contributed by atoms with van der Waals surface area (Å²) in [6.07, 6.45) is 1.69. The maximum Gasteiger partial charge on any atom is 0.271 e. The van der Waals surface area contributed by atoms with Crippen molar-refractivity contribution >= 4 is 67.6 Å². The van der Waals surface area contributed by atoms with Crippen LogP contribution in [0.25, 0.3) is 6.08 Å². The van der Waals surface area contributed by atoms with Crippen LogP contribution in [-0.4, -0.2) is 22.3 Å². The maximum absolute atomic E-state index is 12.8. The number of hydrogen-bond acceptors (Lipinski definition) is 6. The molecule has 6 nitrogen and oxygen atoms in total. The van der Waals surface area contributed by atoms with Crippen molar-refractivity contribution < 1.29 is 14.5 Å². The van der Waals surface area contributed by atoms with E-state index in [0.717, 1.165) is 21.8 Å². The van der Waals surface area contributed by atoms with Gasteiger partial charge in [0.05, 0.1) is 22.6 Å². The van der Waals surface area contributed by atoms with Gasteiger partial charge in [-0.2, -0.15) is 0 Å². The van der Waals surface area contributed by atoms with Crippen molar-refractivity contribution in [2.75, 3.05) is 12.0 Å². The van der Waals surface area contributed by atoms with Gasteiger partial charge in [-0.05, 0) is 30.3 Å². The number of hydrogen-bond donors (Lipinski definition) is 0. The molecule has 0 saturated carbocycles. The van der Waals surface area contributed by atoms with Crippen molar-refractivity contribution in [2.24, 2.45) is 0 Å². The number of nitro groups is 1. The number of nitro benzene ring substituents is 1. The maximum atomic E-state index is 12.8. The summed E-state index contributed by atoms with van der Waals surface area (Å²) < 4.78 is 6.48. The Morgan fingerprint density at radius 2 is 2.08 bits per heavy atom. The SMILES string of the molecule is COc1ccc(Br)cc1/C=C1\SC(=S)N(c2cccc([N+](=O)[O-])c2)C1=O. The lowest BCUT2D eigenvalue weighted by molar-refractivity contribution is -0.384. The average Bonchev–Trinajstić information content (AvgIpc) is 2.89. The Kier molecular flexibility index (Phi) is 5.40. The number of rotatable bonds is 4. The fourth-order valence-corrected chi connectivity index (χ4v) is 4.06. The van der Waals surface area contributed by atoms with E-state index >= 15 is 0 Å². The zero-order chi connectivity index (χ0) is 18.8. The van der Waals surface area contributed by atoms with Crippen molar-refractivity contribution in [1.82, 2.24) is 0 Å². The second-order valence-corrected chi connectivity index (χ2v) is 7.77. The van der Waals surface area contributed by atoms with Gasteiger partial charge in [-0.25, -0.2) is 0 Å². The van der Waals surface area contributed by atoms with Gasteiger partial charge in [0.2, 0.25) is 0 Å². The molecule has 1 fully saturated rings. The highest BCUT2D eigenvalue weighted by Crippen LogP contribution is 2.38. The van der Waals surface area contributed by atoms with Crippen molar-refractivity contribution in [2.45, 2.75) is 0 Å². The summed E-state index contributed by atoms with van der Waals surface area (Å²) in [5.41, 5.74) is 0.988. The van der Waals surface area contributed by atoms with Gasteiger partial charge in [-0.15, -0.1) is 0 Å². The zero-order valence-electron chi connectivity index (χ0n) is 13.3. The molecule has 1 aliphatic rings. The van der Waals surface area contributed by atoms with Crippen LogP contribution in [0.2, 0.25) is 0 Å². The lowest BCUT2D eigenvalue weighted by Gasteiger charge is -2.14. The zero-order valence-corrected chi connectivity index (χ0v) is 16.6. The first-order valence-corrected chi connectivity index (χ1v) is 9.28. The molecule has 0 bridgehead atoms. The molecule has 0 spiro atoms. The molecule has 0 aromatic heterocycles. The summed E-state index contributed by atoms with van der Waals surface area (Å²) in [5, 5.41) is 11.0. The molecular formula is C17H11BrN2O4S2. The topological polar surface area (TPSA) is 72.7 Å². The van der Waals surface area contributed by atoms with Gasteiger partial charge in [0.15, 0.2) is 4.32 Å². The van der Waals surface area contributed by atoms with E-state index in [9.17, 15) is 14.9 Å². The molecule has 1 saturated heterocycles. The lowest BCUT2D eigenvalue weighted by atomic mass is 10.2. The normalized spacial score (nSPS) is 15.6. The van der Waals surface area contributed by atoms with Crippen LogP contribution in [0, 0.1) is 10.1 Å². The average molecular weight is 451 g/mol. The highest BCUT2D eigenvalue weighted by molar-refractivity contribution is 9.10. The number of carbonyl (C=O) groups is 1. The molecule has 0 N–H and O–H groups in total. The Bertz CT molecular complexity index is 962. The smallest absolute Gasteiger partial charge is 0.271 e. The van der Waals surface area contributed by atoms with E-state index in [0.29, 0.717) is 20.7 Å². The monoisotopic (exact) mass is 450 g/mol. The summed E-state index contributed by atoms with van der Waals surface area (Å²) >= 11 is 9.84. The van der Waals surface area contributed by atoms with E-state index in [-0.39, 0.29) is 11.6 Å². The number of amides is 1. The molecule has 1 aliphatic heterocycles. The van der Waals surface area contributed by atoms with Crippen LogP contribution in [0.15, 0.2) is 51.8 Å². The summed E-state index contributed by atoms with van der Waals surface area (Å²) in [6.45, 7) is 0. The van der Waals surface area contributed by atoms with Gasteiger partial charge in [0.25, 0.3) is 11.6 Å². The number of ether oxygens (including phenoxy) is 1. The summed E-state index contributed by atoms with van der Waals surface area (Å²) in [5.74, 6) is 0.288. The van der Waals surface area contributed by atoms with Crippen LogP contribution in [0.4, 0.5) is 11.4 Å². The Morgan fingerprint density at radius 1 is 1.31 bits per heavy atom. The molecule has 26 heavy (non-hydrogen) atoms. The van der Waals surface area contributed by atoms with Crippen LogP contribution >= 0.6 is 39.9 Å². The van der Waals surface area contributed by atoms with E-state index in [1.807, 2.05) is 12.1 Å². The fourth-order valence-electron chi connectivity index (χ4n) is 2.40. The first-order valence-electron chi connectivity index (χ1n) is 7.26. The van der Waals surface area contributed by atoms with Gasteiger partial charge in [-0.1, -0.05) is 46.0 Å². The fraction of sp³-hybridized carbons (Fsp3) is 0.0588. The summed E-state index contributed by atoms with van der Waals surface area (Å²) in [6, 6.07) is 11.3. The minimum Gasteiger partial charge on any atom is -0.496 e. The van der Waals surface area contributed by atoms with Crippen LogP contribution < -0.4 is 9.64 Å². The van der Waals surface area contributed by atoms with E-state index in [1.165, 1.54) is 23.1 Å². The number of anilines is 1. The van der Waals surface area contributed by atoms with Crippen LogP contribution in [0.1, 0.15) is 5.56 Å². The van der Waals surface area contributed by atoms with Crippen molar-refractivity contribution in [3.05, 3.63) is 67.5 Å². The Labute approximate surface area is 167 Å². The molecule has 2 aromatic rings. The van der Waals surface area contributed by atoms with Crippen LogP contribution in [0.5, 0.6) is 5.75 Å². The molecule has 2 aromatic carbocycles. The quantitative estimate of drug-likeness (QED) is 0.289. The number of halogens is 1. The van der Waals surface area contributed by atoms with Crippen molar-refractivity contribution in [1.29, 1.82) is 0 Å². The Morgan fingerprint density at radius 3 is 2.77 bits per heavy atom. The number of methoxy groups -OCH3 is 1. The van der Waals surface area contributed by atoms with Crippen molar-refractivity contribution in [3.8, 4) is 5.75 Å². The number of thiocarbonyl (C=S) groups is 1. The van der Waals surface area contributed by atoms with E-state index in [4.69, 9.17) is 17.0 Å². The number of non-ortho nitro benzene ring substituents is 1. The largest absolute Gasteiger partial charge is 0.496 e. The van der Waals surface area contributed by atoms with Gasteiger partial charge >= 0.3 is 0 Å². The van der Waals surface area contributed by atoms with Crippen LogP contribution in [-0.2, 0) is 4.79 Å². The first-order chi connectivity index (χ1) is 12.4. The molecule has 3 rings (SSSR count). The predicted octanol–water partition coefficient (Wildman–Crippen LogP) is 4.77. The van der Waals surface area contributed by atoms with E-state index < -0.39 is 4.92 Å². The minimum absolute atomic E-state index is 0.103. The second kappa shape index (κ2) is 7.56. The molecule has 0 unspecified atom stereocenters. The first kappa shape index (κ1) is 18.6. The van der Waals surface area contributed by atoms with E-state index in [2.05, 4.69) is 15.9 Å². The lowest BCUT2D eigenvalue weighted by Crippen LogP contribution is -2.27. The molecular weight excluding hydrogens is 440 g/mol. The van der Waals surface area contributed by atoms with Gasteiger partial charge in [0, 0.05) is 22.2 Å². The summed E-state index contributed by atoms with van der Waals surface area (Å²) in [7, 11) is 1.55. The van der Waals surface area contributed by atoms with Gasteiger partial charge in [-0.3, -0.25) is 19.8 Å². The molecule has 0 atom stereocenters. The van der Waals surface area contributed by atoms with Crippen LogP contribution in [0.3, 0.4) is 0 Å². The van der Waals surface area contributed by atoms with Gasteiger partial charge < -0.3 is 4.74 Å². The minimum atomic E-state index is -0.511. The van der Waals surface area contributed by atoms with E-state index in [1.54, 1.807) is 25.3 Å². The predicted molar refractivity (Wildman–Crippen MR) is 109 cm³/mol. The number of nitrogens with zero attached hydrogens (tertiary/aromatic N) is 2. The van der Waals surface area contributed by atoms with Crippen molar-refractivity contribution in [3.63, 3.8) is 0 Å². The highest BCUT2D eigenvalue weighted by atomic mass is 79.9. The second-order valence-electron chi connectivity index (χ2n) is 5.18. The number of carbonyl (C=O) groups excluding carboxylic acids is 1. The highest BCUT2D eigenvalue weighted by Gasteiger charge is 2.34. The molecule has 0 aliphatic carbocycles. The molecule has 132 valence electrons.